The average molecular weight is 372 g/mol. The highest BCUT2D eigenvalue weighted by atomic mass is 35.5. The monoisotopic (exact) mass is 371 g/mol. The number of urea groups is 1. The number of aromatic nitrogens is 3. The molecule has 0 aliphatic carbocycles. The van der Waals surface area contributed by atoms with Gasteiger partial charge in [-0.25, -0.2) is 14.3 Å². The van der Waals surface area contributed by atoms with Gasteiger partial charge >= 0.3 is 11.7 Å². The molecular formula is C18H18ClN5O2. The molecule has 26 heavy (non-hydrogen) atoms. The number of hydrogen-bond acceptors (Lipinski definition) is 3. The van der Waals surface area contributed by atoms with Gasteiger partial charge < -0.3 is 10.6 Å². The van der Waals surface area contributed by atoms with Crippen molar-refractivity contribution < 1.29 is 4.79 Å². The quantitative estimate of drug-likeness (QED) is 0.723. The number of anilines is 1. The van der Waals surface area contributed by atoms with Crippen molar-refractivity contribution in [1.82, 2.24) is 19.7 Å². The van der Waals surface area contributed by atoms with Crippen molar-refractivity contribution in [3.63, 3.8) is 0 Å². The van der Waals surface area contributed by atoms with Crippen molar-refractivity contribution in [1.29, 1.82) is 0 Å². The van der Waals surface area contributed by atoms with Crippen LogP contribution >= 0.6 is 11.6 Å². The van der Waals surface area contributed by atoms with Gasteiger partial charge in [0.25, 0.3) is 0 Å². The number of halogens is 1. The zero-order chi connectivity index (χ0) is 18.5. The van der Waals surface area contributed by atoms with Crippen LogP contribution < -0.4 is 16.3 Å². The fraction of sp³-hybridized carbons (Fsp3) is 0.167. The van der Waals surface area contributed by atoms with Crippen LogP contribution in [0.15, 0.2) is 59.4 Å². The second-order valence-corrected chi connectivity index (χ2v) is 6.08. The fourth-order valence-electron chi connectivity index (χ4n) is 2.49. The van der Waals surface area contributed by atoms with Crippen molar-refractivity contribution in [2.45, 2.75) is 6.54 Å². The zero-order valence-corrected chi connectivity index (χ0v) is 14.9. The van der Waals surface area contributed by atoms with Crippen LogP contribution in [-0.4, -0.2) is 26.9 Å². The van der Waals surface area contributed by atoms with Crippen LogP contribution in [0.2, 0.25) is 5.02 Å². The predicted molar refractivity (Wildman–Crippen MR) is 101 cm³/mol. The number of carbonyl (C=O) groups is 1. The van der Waals surface area contributed by atoms with E-state index in [0.717, 1.165) is 5.56 Å². The molecule has 0 unspecified atom stereocenters. The van der Waals surface area contributed by atoms with Crippen LogP contribution in [0.1, 0.15) is 0 Å². The average Bonchev–Trinajstić information content (AvgIpc) is 2.91. The molecule has 1 aromatic heterocycles. The maximum absolute atomic E-state index is 12.3. The Hall–Kier alpha value is -3.06. The van der Waals surface area contributed by atoms with Gasteiger partial charge in [-0.05, 0) is 18.2 Å². The SMILES string of the molecule is Cn1c(-c2ccccc2)nn(CCNC(=O)Nc2cccc(Cl)c2)c1=O. The first-order valence-corrected chi connectivity index (χ1v) is 8.42. The van der Waals surface area contributed by atoms with E-state index < -0.39 is 0 Å². The lowest BCUT2D eigenvalue weighted by Crippen LogP contribution is -2.34. The lowest BCUT2D eigenvalue weighted by molar-refractivity contribution is 0.251. The molecule has 0 saturated heterocycles. The van der Waals surface area contributed by atoms with E-state index in [1.165, 1.54) is 9.25 Å². The van der Waals surface area contributed by atoms with Gasteiger partial charge in [0.15, 0.2) is 5.82 Å². The van der Waals surface area contributed by atoms with Crippen LogP contribution in [0.4, 0.5) is 10.5 Å². The maximum atomic E-state index is 12.3. The molecule has 1 heterocycles. The third-order valence-electron chi connectivity index (χ3n) is 3.76. The number of amides is 2. The van der Waals surface area contributed by atoms with E-state index in [9.17, 15) is 9.59 Å². The summed E-state index contributed by atoms with van der Waals surface area (Å²) in [6.07, 6.45) is 0. The number of nitrogens with one attached hydrogen (secondary N) is 2. The van der Waals surface area contributed by atoms with Gasteiger partial charge in [0, 0.05) is 29.9 Å². The van der Waals surface area contributed by atoms with E-state index in [0.29, 0.717) is 16.5 Å². The number of benzene rings is 2. The van der Waals surface area contributed by atoms with Gasteiger partial charge in [0.05, 0.1) is 6.54 Å². The summed E-state index contributed by atoms with van der Waals surface area (Å²) in [5, 5.41) is 10.3. The van der Waals surface area contributed by atoms with Crippen LogP contribution in [0.25, 0.3) is 11.4 Å². The predicted octanol–water partition coefficient (Wildman–Crippen LogP) is 2.72. The summed E-state index contributed by atoms with van der Waals surface area (Å²) in [5.74, 6) is 0.582. The van der Waals surface area contributed by atoms with Crippen LogP contribution in [0.3, 0.4) is 0 Å². The largest absolute Gasteiger partial charge is 0.345 e. The van der Waals surface area contributed by atoms with Crippen molar-refractivity contribution in [2.75, 3.05) is 11.9 Å². The van der Waals surface area contributed by atoms with E-state index in [-0.39, 0.29) is 24.8 Å². The molecular weight excluding hydrogens is 354 g/mol. The number of hydrogen-bond donors (Lipinski definition) is 2. The summed E-state index contributed by atoms with van der Waals surface area (Å²) in [4.78, 5) is 24.2. The Bertz CT molecular complexity index is 965. The number of carbonyl (C=O) groups excluding carboxylic acids is 1. The van der Waals surface area contributed by atoms with Crippen molar-refractivity contribution in [2.24, 2.45) is 7.05 Å². The van der Waals surface area contributed by atoms with Gasteiger partial charge in [0.1, 0.15) is 0 Å². The summed E-state index contributed by atoms with van der Waals surface area (Å²) in [7, 11) is 1.67. The Labute approximate surface area is 155 Å². The second-order valence-electron chi connectivity index (χ2n) is 5.65. The third kappa shape index (κ3) is 4.12. The highest BCUT2D eigenvalue weighted by molar-refractivity contribution is 6.30. The Kier molecular flexibility index (Phi) is 5.38. The van der Waals surface area contributed by atoms with E-state index in [2.05, 4.69) is 15.7 Å². The van der Waals surface area contributed by atoms with E-state index >= 15 is 0 Å². The van der Waals surface area contributed by atoms with Gasteiger partial charge in [0.2, 0.25) is 0 Å². The molecule has 0 bridgehead atoms. The summed E-state index contributed by atoms with van der Waals surface area (Å²) in [5.41, 5.74) is 1.22. The van der Waals surface area contributed by atoms with Crippen molar-refractivity contribution in [3.05, 3.63) is 70.1 Å². The smallest absolute Gasteiger partial charge is 0.336 e. The first-order chi connectivity index (χ1) is 12.5. The molecule has 2 aromatic carbocycles. The van der Waals surface area contributed by atoms with Crippen molar-refractivity contribution in [3.8, 4) is 11.4 Å². The second kappa shape index (κ2) is 7.88. The highest BCUT2D eigenvalue weighted by Crippen LogP contribution is 2.15. The highest BCUT2D eigenvalue weighted by Gasteiger charge is 2.11. The molecule has 3 aromatic rings. The molecule has 0 spiro atoms. The molecule has 7 nitrogen and oxygen atoms in total. The van der Waals surface area contributed by atoms with E-state index in [1.807, 2.05) is 30.3 Å². The summed E-state index contributed by atoms with van der Waals surface area (Å²) < 4.78 is 2.82. The minimum atomic E-state index is -0.375. The summed E-state index contributed by atoms with van der Waals surface area (Å²) in [6, 6.07) is 15.9. The lowest BCUT2D eigenvalue weighted by atomic mass is 10.2. The minimum Gasteiger partial charge on any atom is -0.336 e. The topological polar surface area (TPSA) is 81.0 Å². The van der Waals surface area contributed by atoms with Gasteiger partial charge in [-0.3, -0.25) is 4.57 Å². The number of rotatable bonds is 5. The molecule has 0 aliphatic heterocycles. The Morgan fingerprint density at radius 2 is 1.92 bits per heavy atom. The first-order valence-electron chi connectivity index (χ1n) is 8.04. The molecule has 0 fully saturated rings. The number of nitrogens with zero attached hydrogens (tertiary/aromatic N) is 3. The minimum absolute atomic E-state index is 0.235. The molecule has 2 N–H and O–H groups in total. The Morgan fingerprint density at radius 3 is 2.65 bits per heavy atom. The van der Waals surface area contributed by atoms with Crippen LogP contribution in [0.5, 0.6) is 0 Å². The van der Waals surface area contributed by atoms with Crippen LogP contribution in [-0.2, 0) is 13.6 Å². The molecule has 2 amide bonds. The van der Waals surface area contributed by atoms with Crippen LogP contribution in [0, 0.1) is 0 Å². The standard InChI is InChI=1S/C18H18ClN5O2/c1-23-16(13-6-3-2-4-7-13)22-24(18(23)26)11-10-20-17(25)21-15-9-5-8-14(19)12-15/h2-9,12H,10-11H2,1H3,(H2,20,21,25). The lowest BCUT2D eigenvalue weighted by Gasteiger charge is -2.07. The third-order valence-corrected chi connectivity index (χ3v) is 4.00. The molecule has 8 heteroatoms. The van der Waals surface area contributed by atoms with E-state index in [4.69, 9.17) is 11.6 Å². The molecule has 0 atom stereocenters. The normalized spacial score (nSPS) is 10.5. The molecule has 0 aliphatic rings. The molecule has 3 rings (SSSR count). The van der Waals surface area contributed by atoms with Gasteiger partial charge in [-0.1, -0.05) is 48.0 Å². The fourth-order valence-corrected chi connectivity index (χ4v) is 2.68. The Balaban J connectivity index is 1.60. The van der Waals surface area contributed by atoms with Crippen molar-refractivity contribution >= 4 is 23.3 Å². The molecule has 0 saturated carbocycles. The zero-order valence-electron chi connectivity index (χ0n) is 14.1. The molecule has 0 radical (unpaired) electrons. The Morgan fingerprint density at radius 1 is 1.15 bits per heavy atom. The maximum Gasteiger partial charge on any atom is 0.345 e. The van der Waals surface area contributed by atoms with E-state index in [1.54, 1.807) is 31.3 Å². The van der Waals surface area contributed by atoms with Gasteiger partial charge in [-0.15, -0.1) is 5.10 Å². The summed E-state index contributed by atoms with van der Waals surface area (Å²) in [6.45, 7) is 0.528. The first kappa shape index (κ1) is 17.8. The van der Waals surface area contributed by atoms with Gasteiger partial charge in [-0.2, -0.15) is 0 Å². The summed E-state index contributed by atoms with van der Waals surface area (Å²) >= 11 is 5.88. The molecule has 134 valence electrons.